The van der Waals surface area contributed by atoms with E-state index in [2.05, 4.69) is 26.1 Å². The number of nitrogens with one attached hydrogen (secondary N) is 1. The van der Waals surface area contributed by atoms with Crippen molar-refractivity contribution < 1.29 is 4.79 Å². The molecule has 2 nitrogen and oxygen atoms in total. The van der Waals surface area contributed by atoms with Crippen molar-refractivity contribution in [2.45, 2.75) is 33.7 Å². The Morgan fingerprint density at radius 3 is 2.33 bits per heavy atom. The van der Waals surface area contributed by atoms with E-state index in [0.29, 0.717) is 13.0 Å². The zero-order chi connectivity index (χ0) is 11.3. The summed E-state index contributed by atoms with van der Waals surface area (Å²) in [6.45, 7) is 6.81. The van der Waals surface area contributed by atoms with Gasteiger partial charge < -0.3 is 5.32 Å². The molecule has 0 saturated carbocycles. The normalized spacial score (nSPS) is 11.1. The molecule has 0 aliphatic carbocycles. The van der Waals surface area contributed by atoms with Crippen molar-refractivity contribution >= 4 is 5.91 Å². The molecule has 0 unspecified atom stereocenters. The predicted octanol–water partition coefficient (Wildman–Crippen LogP) is 2.74. The second-order valence-corrected chi connectivity index (χ2v) is 5.00. The summed E-state index contributed by atoms with van der Waals surface area (Å²) in [5.41, 5.74) is 1.19. The van der Waals surface area contributed by atoms with Crippen molar-refractivity contribution in [3.05, 3.63) is 35.9 Å². The van der Waals surface area contributed by atoms with E-state index in [0.717, 1.165) is 5.56 Å². The fourth-order valence-electron chi connectivity index (χ4n) is 1.34. The molecule has 0 aromatic heterocycles. The van der Waals surface area contributed by atoms with Gasteiger partial charge in [0.15, 0.2) is 0 Å². The van der Waals surface area contributed by atoms with Crippen molar-refractivity contribution in [3.63, 3.8) is 0 Å². The molecule has 0 fully saturated rings. The second kappa shape index (κ2) is 4.96. The van der Waals surface area contributed by atoms with Gasteiger partial charge in [0.25, 0.3) is 0 Å². The molecule has 15 heavy (non-hydrogen) atoms. The molecule has 0 heterocycles. The Balaban J connectivity index is 2.35. The molecule has 0 spiro atoms. The monoisotopic (exact) mass is 206 g/mol. The van der Waals surface area contributed by atoms with Crippen LogP contribution in [-0.4, -0.2) is 5.91 Å². The van der Waals surface area contributed by atoms with E-state index in [-0.39, 0.29) is 11.3 Å². The Morgan fingerprint density at radius 1 is 1.20 bits per heavy atom. The number of carbonyl (C=O) groups excluding carboxylic acids is 1. The molecule has 0 bridgehead atoms. The molecule has 0 atom stereocenters. The van der Waals surface area contributed by atoms with Crippen molar-refractivity contribution in [1.29, 1.82) is 0 Å². The molecule has 82 valence electrons. The number of benzene rings is 1. The van der Waals surface area contributed by atoms with Crippen LogP contribution in [0.2, 0.25) is 0 Å². The maximum absolute atomic E-state index is 11.5. The summed E-state index contributed by atoms with van der Waals surface area (Å²) in [5, 5.41) is 2.92. The van der Waals surface area contributed by atoms with Crippen LogP contribution in [0.15, 0.2) is 30.3 Å². The fourth-order valence-corrected chi connectivity index (χ4v) is 1.34. The summed E-state index contributed by atoms with van der Waals surface area (Å²) in [4.78, 5) is 11.5. The first-order valence-corrected chi connectivity index (χ1v) is 5.28. The predicted molar refractivity (Wildman–Crippen MR) is 62.4 cm³/mol. The van der Waals surface area contributed by atoms with Crippen LogP contribution in [0.3, 0.4) is 0 Å². The van der Waals surface area contributed by atoms with Gasteiger partial charge in [-0.1, -0.05) is 51.1 Å². The van der Waals surface area contributed by atoms with Crippen molar-refractivity contribution in [3.8, 4) is 0 Å². The largest absolute Gasteiger partial charge is 0.352 e. The standard InChI is InChI=1S/C13H19NO/c1-13(2,3)9-12(15)14-10-11-7-5-4-6-8-11/h4-8H,9-10H2,1-3H3,(H,14,15)/i12+1. The minimum absolute atomic E-state index is 0.0563. The summed E-state index contributed by atoms with van der Waals surface area (Å²) < 4.78 is 0. The van der Waals surface area contributed by atoms with Crippen molar-refractivity contribution in [2.24, 2.45) is 5.41 Å². The van der Waals surface area contributed by atoms with Crippen LogP contribution in [-0.2, 0) is 11.3 Å². The molecule has 1 aromatic carbocycles. The van der Waals surface area contributed by atoms with E-state index in [9.17, 15) is 4.79 Å². The lowest BCUT2D eigenvalue weighted by atomic mass is 9.96. The highest BCUT2D eigenvalue weighted by atomic mass is 16.2. The maximum Gasteiger partial charge on any atom is 0.220 e. The van der Waals surface area contributed by atoms with Gasteiger partial charge in [-0.3, -0.25) is 4.79 Å². The van der Waals surface area contributed by atoms with E-state index in [1.165, 1.54) is 0 Å². The number of hydrogen-bond donors (Lipinski definition) is 1. The summed E-state index contributed by atoms with van der Waals surface area (Å²) >= 11 is 0. The Morgan fingerprint density at radius 2 is 1.80 bits per heavy atom. The van der Waals surface area contributed by atoms with E-state index in [1.54, 1.807) is 0 Å². The molecule has 0 aliphatic rings. The number of rotatable bonds is 3. The van der Waals surface area contributed by atoms with Gasteiger partial charge in [-0.25, -0.2) is 0 Å². The lowest BCUT2D eigenvalue weighted by Crippen LogP contribution is -2.27. The maximum atomic E-state index is 11.5. The van der Waals surface area contributed by atoms with E-state index < -0.39 is 0 Å². The highest BCUT2D eigenvalue weighted by molar-refractivity contribution is 5.76. The lowest BCUT2D eigenvalue weighted by molar-refractivity contribution is -0.122. The summed E-state index contributed by atoms with van der Waals surface area (Å²) in [7, 11) is 0. The minimum Gasteiger partial charge on any atom is -0.352 e. The summed E-state index contributed by atoms with van der Waals surface area (Å²) in [5.74, 6) is 0.117. The van der Waals surface area contributed by atoms with E-state index in [1.807, 2.05) is 30.3 Å². The van der Waals surface area contributed by atoms with Gasteiger partial charge in [-0.2, -0.15) is 0 Å². The smallest absolute Gasteiger partial charge is 0.220 e. The second-order valence-electron chi connectivity index (χ2n) is 5.00. The molecule has 1 aromatic rings. The molecule has 2 heteroatoms. The van der Waals surface area contributed by atoms with Crippen molar-refractivity contribution in [1.82, 2.24) is 5.32 Å². The highest BCUT2D eigenvalue weighted by Gasteiger charge is 2.15. The Hall–Kier alpha value is -1.31. The zero-order valence-corrected chi connectivity index (χ0v) is 9.71. The number of amides is 1. The molecular formula is C13H19NO. The van der Waals surface area contributed by atoms with Gasteiger partial charge in [-0.05, 0) is 11.0 Å². The quantitative estimate of drug-likeness (QED) is 0.757. The van der Waals surface area contributed by atoms with Crippen LogP contribution in [0.4, 0.5) is 0 Å². The molecule has 0 saturated heterocycles. The van der Waals surface area contributed by atoms with Crippen LogP contribution in [0.25, 0.3) is 0 Å². The van der Waals surface area contributed by atoms with Gasteiger partial charge in [0, 0.05) is 13.0 Å². The fraction of sp³-hybridized carbons (Fsp3) is 0.462. The Bertz CT molecular complexity index is 311. The van der Waals surface area contributed by atoms with Gasteiger partial charge in [0.2, 0.25) is 5.91 Å². The molecule has 0 radical (unpaired) electrons. The zero-order valence-electron chi connectivity index (χ0n) is 9.71. The van der Waals surface area contributed by atoms with Crippen LogP contribution in [0.5, 0.6) is 0 Å². The van der Waals surface area contributed by atoms with Gasteiger partial charge in [0.1, 0.15) is 0 Å². The van der Waals surface area contributed by atoms with Gasteiger partial charge >= 0.3 is 0 Å². The summed E-state index contributed by atoms with van der Waals surface area (Å²) in [6.07, 6.45) is 0.569. The Kier molecular flexibility index (Phi) is 3.89. The third-order valence-corrected chi connectivity index (χ3v) is 2.02. The average Bonchev–Trinajstić information content (AvgIpc) is 2.14. The van der Waals surface area contributed by atoms with Crippen molar-refractivity contribution in [2.75, 3.05) is 0 Å². The van der Waals surface area contributed by atoms with Crippen LogP contribution < -0.4 is 5.32 Å². The topological polar surface area (TPSA) is 29.1 Å². The minimum atomic E-state index is 0.0563. The molecular weight excluding hydrogens is 187 g/mol. The SMILES string of the molecule is CC(C)(C)C[13C](=O)NCc1ccccc1. The van der Waals surface area contributed by atoms with Gasteiger partial charge in [0.05, 0.1) is 0 Å². The lowest BCUT2D eigenvalue weighted by Gasteiger charge is -2.17. The third-order valence-electron chi connectivity index (χ3n) is 2.02. The number of hydrogen-bond acceptors (Lipinski definition) is 1. The van der Waals surface area contributed by atoms with Crippen LogP contribution in [0, 0.1) is 5.41 Å². The molecule has 0 aliphatic heterocycles. The third kappa shape index (κ3) is 5.21. The molecule has 1 rings (SSSR count). The number of carbonyl (C=O) groups is 1. The first-order chi connectivity index (χ1) is 6.97. The molecule has 1 amide bonds. The first kappa shape index (κ1) is 11.8. The van der Waals surface area contributed by atoms with Crippen LogP contribution >= 0.6 is 0 Å². The summed E-state index contributed by atoms with van der Waals surface area (Å²) in [6, 6.07) is 9.95. The van der Waals surface area contributed by atoms with Crippen LogP contribution in [0.1, 0.15) is 32.8 Å². The van der Waals surface area contributed by atoms with E-state index in [4.69, 9.17) is 0 Å². The van der Waals surface area contributed by atoms with Gasteiger partial charge in [-0.15, -0.1) is 0 Å². The highest BCUT2D eigenvalue weighted by Crippen LogP contribution is 2.17. The first-order valence-electron chi connectivity index (χ1n) is 5.28. The molecule has 1 N–H and O–H groups in total. The Labute approximate surface area is 91.7 Å². The average molecular weight is 206 g/mol. The van der Waals surface area contributed by atoms with E-state index >= 15 is 0 Å².